The molecule has 0 aromatic rings. The lowest BCUT2D eigenvalue weighted by Crippen LogP contribution is -2.31. The summed E-state index contributed by atoms with van der Waals surface area (Å²) in [5.74, 6) is 0. The van der Waals surface area contributed by atoms with E-state index in [0.717, 1.165) is 12.8 Å². The Hall–Kier alpha value is -0.160. The van der Waals surface area contributed by atoms with Crippen LogP contribution in [0.15, 0.2) is 0 Å². The lowest BCUT2D eigenvalue weighted by Gasteiger charge is -2.30. The lowest BCUT2D eigenvalue weighted by atomic mass is 9.84. The number of hydrogen-bond acceptors (Lipinski definition) is 4. The highest BCUT2D eigenvalue weighted by Gasteiger charge is 2.26. The summed E-state index contributed by atoms with van der Waals surface area (Å²) < 4.78 is 15.2. The molecule has 0 aliphatic carbocycles. The summed E-state index contributed by atoms with van der Waals surface area (Å²) in [7, 11) is 1.60. The topological polar surface area (TPSA) is 47.9 Å². The molecule has 0 aromatic heterocycles. The van der Waals surface area contributed by atoms with Gasteiger partial charge in [0.15, 0.2) is 0 Å². The van der Waals surface area contributed by atoms with Crippen LogP contribution in [-0.4, -0.2) is 39.0 Å². The van der Waals surface area contributed by atoms with E-state index in [1.807, 2.05) is 0 Å². The molecule has 1 N–H and O–H groups in total. The average molecular weight is 206 g/mol. The van der Waals surface area contributed by atoms with Gasteiger partial charge in [0.25, 0.3) is 0 Å². The van der Waals surface area contributed by atoms with Crippen LogP contribution in [0.1, 0.15) is 26.7 Å². The van der Waals surface area contributed by atoms with Gasteiger partial charge in [0.2, 0.25) is 0 Å². The molecule has 4 heteroatoms. The Morgan fingerprint density at radius 3 is 2.07 bits per heavy atom. The number of aliphatic hydroxyl groups excluding tert-OH is 1. The first-order chi connectivity index (χ1) is 6.74. The van der Waals surface area contributed by atoms with Gasteiger partial charge in [-0.05, 0) is 12.8 Å². The van der Waals surface area contributed by atoms with E-state index in [1.165, 1.54) is 0 Å². The molecule has 0 amide bonds. The number of methoxy groups -OCH3 is 1. The smallest absolute Gasteiger partial charge is 0.146 e. The molecule has 0 aromatic carbocycles. The monoisotopic (exact) mass is 206 g/mol. The molecule has 0 heterocycles. The minimum Gasteiger partial charge on any atom is -0.371 e. The van der Waals surface area contributed by atoms with Crippen LogP contribution in [0.4, 0.5) is 0 Å². The number of hydrogen-bond donors (Lipinski definition) is 1. The van der Waals surface area contributed by atoms with Crippen LogP contribution in [0.3, 0.4) is 0 Å². The van der Waals surface area contributed by atoms with Crippen molar-refractivity contribution in [1.82, 2.24) is 0 Å². The quantitative estimate of drug-likeness (QED) is 0.457. The van der Waals surface area contributed by atoms with Gasteiger partial charge in [0, 0.05) is 12.5 Å². The van der Waals surface area contributed by atoms with E-state index >= 15 is 0 Å². The van der Waals surface area contributed by atoms with Crippen LogP contribution in [0, 0.1) is 5.41 Å². The second-order valence-electron chi connectivity index (χ2n) is 3.44. The van der Waals surface area contributed by atoms with E-state index in [0.29, 0.717) is 20.0 Å². The first-order valence-corrected chi connectivity index (χ1v) is 5.00. The van der Waals surface area contributed by atoms with Crippen molar-refractivity contribution in [2.75, 3.05) is 33.9 Å². The van der Waals surface area contributed by atoms with E-state index in [-0.39, 0.29) is 12.2 Å². The molecule has 0 saturated heterocycles. The van der Waals surface area contributed by atoms with Gasteiger partial charge < -0.3 is 19.3 Å². The predicted octanol–water partition coefficient (Wildman–Crippen LogP) is 1.38. The van der Waals surface area contributed by atoms with Crippen molar-refractivity contribution < 1.29 is 19.3 Å². The van der Waals surface area contributed by atoms with Gasteiger partial charge >= 0.3 is 0 Å². The second kappa shape index (κ2) is 8.17. The van der Waals surface area contributed by atoms with Gasteiger partial charge in [-0.25, -0.2) is 0 Å². The van der Waals surface area contributed by atoms with E-state index in [4.69, 9.17) is 19.3 Å². The second-order valence-corrected chi connectivity index (χ2v) is 3.44. The Morgan fingerprint density at radius 2 is 1.64 bits per heavy atom. The van der Waals surface area contributed by atoms with Gasteiger partial charge in [-0.15, -0.1) is 0 Å². The number of rotatable bonds is 9. The molecule has 0 rings (SSSR count). The molecule has 86 valence electrons. The van der Waals surface area contributed by atoms with E-state index in [2.05, 4.69) is 13.8 Å². The van der Waals surface area contributed by atoms with Gasteiger partial charge in [-0.2, -0.15) is 0 Å². The van der Waals surface area contributed by atoms with Crippen molar-refractivity contribution in [3.05, 3.63) is 0 Å². The summed E-state index contributed by atoms with van der Waals surface area (Å²) in [4.78, 5) is 0. The molecule has 0 aliphatic heterocycles. The van der Waals surface area contributed by atoms with Gasteiger partial charge in [0.1, 0.15) is 13.6 Å². The van der Waals surface area contributed by atoms with E-state index in [9.17, 15) is 0 Å². The molecule has 0 atom stereocenters. The first kappa shape index (κ1) is 13.8. The third-order valence-electron chi connectivity index (χ3n) is 2.61. The Morgan fingerprint density at radius 1 is 1.07 bits per heavy atom. The Balaban J connectivity index is 3.94. The fourth-order valence-corrected chi connectivity index (χ4v) is 1.30. The van der Waals surface area contributed by atoms with Crippen molar-refractivity contribution in [2.45, 2.75) is 26.7 Å². The highest BCUT2D eigenvalue weighted by molar-refractivity contribution is 4.75. The summed E-state index contributed by atoms with van der Waals surface area (Å²) in [5, 5.41) is 8.60. The zero-order chi connectivity index (χ0) is 10.9. The molecule has 0 saturated carbocycles. The van der Waals surface area contributed by atoms with Gasteiger partial charge in [-0.1, -0.05) is 13.8 Å². The molecule has 0 radical (unpaired) electrons. The Labute approximate surface area is 86.2 Å². The number of aliphatic hydroxyl groups is 1. The van der Waals surface area contributed by atoms with Crippen LogP contribution < -0.4 is 0 Å². The molecule has 0 bridgehead atoms. The molecular weight excluding hydrogens is 184 g/mol. The van der Waals surface area contributed by atoms with Gasteiger partial charge in [-0.3, -0.25) is 0 Å². The molecule has 0 aliphatic rings. The average Bonchev–Trinajstić information content (AvgIpc) is 2.24. The first-order valence-electron chi connectivity index (χ1n) is 5.00. The minimum atomic E-state index is -0.230. The summed E-state index contributed by atoms with van der Waals surface area (Å²) in [5.41, 5.74) is 0.00125. The summed E-state index contributed by atoms with van der Waals surface area (Å²) in [6, 6.07) is 0. The van der Waals surface area contributed by atoms with Crippen molar-refractivity contribution in [3.63, 3.8) is 0 Å². The fourth-order valence-electron chi connectivity index (χ4n) is 1.30. The largest absolute Gasteiger partial charge is 0.371 e. The van der Waals surface area contributed by atoms with Crippen molar-refractivity contribution in [3.8, 4) is 0 Å². The van der Waals surface area contributed by atoms with Crippen LogP contribution in [-0.2, 0) is 14.2 Å². The SMILES string of the molecule is CCC(CC)(COCO)COCOC. The van der Waals surface area contributed by atoms with Gasteiger partial charge in [0.05, 0.1) is 13.2 Å². The lowest BCUT2D eigenvalue weighted by molar-refractivity contribution is -0.105. The number of ether oxygens (including phenoxy) is 3. The third-order valence-corrected chi connectivity index (χ3v) is 2.61. The highest BCUT2D eigenvalue weighted by atomic mass is 16.7. The third kappa shape index (κ3) is 4.91. The van der Waals surface area contributed by atoms with Crippen molar-refractivity contribution in [1.29, 1.82) is 0 Å². The molecule has 0 unspecified atom stereocenters. The fraction of sp³-hybridized carbons (Fsp3) is 1.00. The zero-order valence-corrected chi connectivity index (χ0v) is 9.41. The summed E-state index contributed by atoms with van der Waals surface area (Å²) in [6.45, 7) is 5.40. The van der Waals surface area contributed by atoms with E-state index < -0.39 is 0 Å². The van der Waals surface area contributed by atoms with Crippen LogP contribution in [0.2, 0.25) is 0 Å². The van der Waals surface area contributed by atoms with Crippen LogP contribution in [0.5, 0.6) is 0 Å². The zero-order valence-electron chi connectivity index (χ0n) is 9.41. The normalized spacial score (nSPS) is 12.0. The Kier molecular flexibility index (Phi) is 8.08. The molecule has 0 fully saturated rings. The van der Waals surface area contributed by atoms with Crippen LogP contribution in [0.25, 0.3) is 0 Å². The predicted molar refractivity (Wildman–Crippen MR) is 53.9 cm³/mol. The van der Waals surface area contributed by atoms with Crippen molar-refractivity contribution in [2.24, 2.45) is 5.41 Å². The molecule has 4 nitrogen and oxygen atoms in total. The highest BCUT2D eigenvalue weighted by Crippen LogP contribution is 2.27. The maximum absolute atomic E-state index is 8.60. The van der Waals surface area contributed by atoms with E-state index in [1.54, 1.807) is 7.11 Å². The molecule has 14 heavy (non-hydrogen) atoms. The minimum absolute atomic E-state index is 0.00125. The summed E-state index contributed by atoms with van der Waals surface area (Å²) >= 11 is 0. The van der Waals surface area contributed by atoms with Crippen LogP contribution >= 0.6 is 0 Å². The molecular formula is C10H22O4. The summed E-state index contributed by atoms with van der Waals surface area (Å²) in [6.07, 6.45) is 1.93. The van der Waals surface area contributed by atoms with Crippen molar-refractivity contribution >= 4 is 0 Å². The maximum atomic E-state index is 8.60. The Bertz CT molecular complexity index is 123. The molecule has 0 spiro atoms. The maximum Gasteiger partial charge on any atom is 0.146 e. The standard InChI is InChI=1S/C10H22O4/c1-4-10(5-2,6-13-8-11)7-14-9-12-3/h11H,4-9H2,1-3H3.